The highest BCUT2D eigenvalue weighted by Crippen LogP contribution is 2.30. The molecule has 1 heterocycles. The van der Waals surface area contributed by atoms with Gasteiger partial charge < -0.3 is 4.90 Å². The number of hydrogen-bond acceptors (Lipinski definition) is 1. The SMILES string of the molecule is BC(=O)N1CCC(c2cccc(F)c2C)CC1. The molecule has 0 atom stereocenters. The monoisotopic (exact) mass is 233 g/mol. The normalized spacial score (nSPS) is 17.2. The van der Waals surface area contributed by atoms with Crippen LogP contribution in [-0.2, 0) is 0 Å². The molecule has 1 aromatic rings. The number of likely N-dealkylation sites (tertiary alicyclic amines) is 1. The Balaban J connectivity index is 2.10. The van der Waals surface area contributed by atoms with Crippen LogP contribution in [0.4, 0.5) is 9.18 Å². The Bertz CT molecular complexity index is 427. The lowest BCUT2D eigenvalue weighted by molar-refractivity contribution is 0.204. The highest BCUT2D eigenvalue weighted by Gasteiger charge is 2.23. The van der Waals surface area contributed by atoms with Crippen molar-refractivity contribution in [1.29, 1.82) is 0 Å². The number of halogens is 1. The van der Waals surface area contributed by atoms with Crippen LogP contribution in [-0.4, -0.2) is 31.6 Å². The predicted octanol–water partition coefficient (Wildman–Crippen LogP) is 2.07. The molecular weight excluding hydrogens is 216 g/mol. The highest BCUT2D eigenvalue weighted by atomic mass is 19.1. The Morgan fingerprint density at radius 1 is 1.41 bits per heavy atom. The zero-order valence-electron chi connectivity index (χ0n) is 10.4. The summed E-state index contributed by atoms with van der Waals surface area (Å²) in [6.07, 6.45) is 1.87. The summed E-state index contributed by atoms with van der Waals surface area (Å²) in [5.41, 5.74) is 1.86. The molecule has 17 heavy (non-hydrogen) atoms. The zero-order valence-corrected chi connectivity index (χ0v) is 10.4. The Labute approximate surface area is 102 Å². The molecule has 0 N–H and O–H groups in total. The summed E-state index contributed by atoms with van der Waals surface area (Å²) in [6.45, 7) is 3.41. The topological polar surface area (TPSA) is 20.3 Å². The molecule has 4 heteroatoms. The number of piperidine rings is 1. The van der Waals surface area contributed by atoms with Crippen LogP contribution >= 0.6 is 0 Å². The predicted molar refractivity (Wildman–Crippen MR) is 68.6 cm³/mol. The van der Waals surface area contributed by atoms with Gasteiger partial charge in [-0.05, 0) is 42.9 Å². The van der Waals surface area contributed by atoms with E-state index in [2.05, 4.69) is 0 Å². The molecule has 1 aliphatic rings. The molecule has 0 aliphatic carbocycles. The van der Waals surface area contributed by atoms with Gasteiger partial charge in [0.25, 0.3) is 0 Å². The van der Waals surface area contributed by atoms with Crippen LogP contribution in [0.2, 0.25) is 0 Å². The average molecular weight is 233 g/mol. The summed E-state index contributed by atoms with van der Waals surface area (Å²) in [6, 6.07) is 5.28. The van der Waals surface area contributed by atoms with Crippen molar-refractivity contribution in [3.8, 4) is 0 Å². The molecule has 2 rings (SSSR count). The summed E-state index contributed by atoms with van der Waals surface area (Å²) >= 11 is 0. The van der Waals surface area contributed by atoms with E-state index in [0.29, 0.717) is 5.92 Å². The maximum Gasteiger partial charge on any atom is 0.215 e. The Morgan fingerprint density at radius 3 is 2.65 bits per heavy atom. The van der Waals surface area contributed by atoms with Gasteiger partial charge in [-0.3, -0.25) is 4.79 Å². The van der Waals surface area contributed by atoms with Crippen molar-refractivity contribution >= 4 is 13.7 Å². The highest BCUT2D eigenvalue weighted by molar-refractivity contribution is 6.56. The van der Waals surface area contributed by atoms with E-state index in [0.717, 1.165) is 37.1 Å². The average Bonchev–Trinajstić information content (AvgIpc) is 2.33. The lowest BCUT2D eigenvalue weighted by Gasteiger charge is -2.32. The van der Waals surface area contributed by atoms with Crippen molar-refractivity contribution in [3.63, 3.8) is 0 Å². The summed E-state index contributed by atoms with van der Waals surface area (Å²) in [7, 11) is 1.60. The van der Waals surface area contributed by atoms with Crippen LogP contribution < -0.4 is 0 Å². The van der Waals surface area contributed by atoms with E-state index in [4.69, 9.17) is 0 Å². The number of benzene rings is 1. The standard InChI is InChI=1S/C13H17BFNO/c1-9-11(3-2-4-12(9)15)10-5-7-16(8-6-10)13(14)17/h2-4,10H,5-8,14H2,1H3. The molecule has 0 spiro atoms. The first-order valence-corrected chi connectivity index (χ1v) is 6.10. The van der Waals surface area contributed by atoms with E-state index in [1.165, 1.54) is 6.07 Å². The van der Waals surface area contributed by atoms with Gasteiger partial charge in [-0.15, -0.1) is 0 Å². The minimum Gasteiger partial charge on any atom is -0.352 e. The van der Waals surface area contributed by atoms with Crippen molar-refractivity contribution in [3.05, 3.63) is 35.1 Å². The van der Waals surface area contributed by atoms with Crippen LogP contribution in [0.5, 0.6) is 0 Å². The molecule has 90 valence electrons. The van der Waals surface area contributed by atoms with Gasteiger partial charge in [0.15, 0.2) is 5.81 Å². The van der Waals surface area contributed by atoms with E-state index >= 15 is 0 Å². The maximum atomic E-state index is 13.5. The first kappa shape index (κ1) is 12.2. The van der Waals surface area contributed by atoms with Gasteiger partial charge in [0, 0.05) is 13.1 Å². The second kappa shape index (κ2) is 4.90. The molecule has 1 fully saturated rings. The van der Waals surface area contributed by atoms with Gasteiger partial charge in [0.05, 0.1) is 0 Å². The van der Waals surface area contributed by atoms with E-state index in [9.17, 15) is 9.18 Å². The third kappa shape index (κ3) is 2.51. The van der Waals surface area contributed by atoms with Gasteiger partial charge in [-0.2, -0.15) is 0 Å². The fourth-order valence-electron chi connectivity index (χ4n) is 2.57. The van der Waals surface area contributed by atoms with E-state index in [1.54, 1.807) is 13.9 Å². The molecule has 0 saturated carbocycles. The van der Waals surface area contributed by atoms with Crippen LogP contribution in [0.1, 0.15) is 29.9 Å². The molecule has 2 nitrogen and oxygen atoms in total. The zero-order chi connectivity index (χ0) is 12.4. The smallest absolute Gasteiger partial charge is 0.215 e. The van der Waals surface area contributed by atoms with E-state index in [-0.39, 0.29) is 11.6 Å². The second-order valence-electron chi connectivity index (χ2n) is 4.73. The fourth-order valence-corrected chi connectivity index (χ4v) is 2.57. The van der Waals surface area contributed by atoms with Crippen LogP contribution in [0, 0.1) is 12.7 Å². The summed E-state index contributed by atoms with van der Waals surface area (Å²) < 4.78 is 13.5. The Morgan fingerprint density at radius 2 is 2.06 bits per heavy atom. The summed E-state index contributed by atoms with van der Waals surface area (Å²) in [5, 5.41) is 0. The lowest BCUT2D eigenvalue weighted by atomic mass is 9.86. The minimum absolute atomic E-state index is 0.128. The minimum atomic E-state index is -0.128. The molecule has 1 aliphatic heterocycles. The number of rotatable bonds is 1. The molecular formula is C13H17BFNO. The van der Waals surface area contributed by atoms with Crippen LogP contribution in [0.3, 0.4) is 0 Å². The van der Waals surface area contributed by atoms with Gasteiger partial charge in [-0.25, -0.2) is 4.39 Å². The first-order chi connectivity index (χ1) is 8.09. The van der Waals surface area contributed by atoms with Gasteiger partial charge in [0.2, 0.25) is 7.85 Å². The van der Waals surface area contributed by atoms with Crippen molar-refractivity contribution in [1.82, 2.24) is 4.90 Å². The number of carbonyl (C=O) groups is 1. The van der Waals surface area contributed by atoms with Gasteiger partial charge >= 0.3 is 0 Å². The third-order valence-corrected chi connectivity index (χ3v) is 3.69. The van der Waals surface area contributed by atoms with Crippen LogP contribution in [0.15, 0.2) is 18.2 Å². The number of amides is 1. The largest absolute Gasteiger partial charge is 0.352 e. The summed E-state index contributed by atoms with van der Waals surface area (Å²) in [5.74, 6) is 0.400. The quantitative estimate of drug-likeness (QED) is 0.680. The Hall–Kier alpha value is -1.32. The van der Waals surface area contributed by atoms with Crippen molar-refractivity contribution in [2.75, 3.05) is 13.1 Å². The molecule has 0 unspecified atom stereocenters. The van der Waals surface area contributed by atoms with E-state index < -0.39 is 0 Å². The lowest BCUT2D eigenvalue weighted by Crippen LogP contribution is -2.37. The van der Waals surface area contributed by atoms with Gasteiger partial charge in [0.1, 0.15) is 5.82 Å². The number of carbonyl (C=O) groups excluding carboxylic acids is 1. The number of hydrogen-bond donors (Lipinski definition) is 0. The van der Waals surface area contributed by atoms with Crippen LogP contribution in [0.25, 0.3) is 0 Å². The summed E-state index contributed by atoms with van der Waals surface area (Å²) in [4.78, 5) is 13.1. The Kier molecular flexibility index (Phi) is 3.50. The van der Waals surface area contributed by atoms with Crippen molar-refractivity contribution in [2.45, 2.75) is 25.7 Å². The first-order valence-electron chi connectivity index (χ1n) is 6.10. The molecule has 0 radical (unpaired) electrons. The van der Waals surface area contributed by atoms with E-state index in [1.807, 2.05) is 17.9 Å². The molecule has 1 amide bonds. The number of nitrogens with zero attached hydrogens (tertiary/aromatic N) is 1. The van der Waals surface area contributed by atoms with Gasteiger partial charge in [-0.1, -0.05) is 12.1 Å². The van der Waals surface area contributed by atoms with Crippen molar-refractivity contribution in [2.24, 2.45) is 0 Å². The molecule has 1 saturated heterocycles. The molecule has 1 aromatic carbocycles. The second-order valence-corrected chi connectivity index (χ2v) is 4.73. The maximum absolute atomic E-state index is 13.5. The third-order valence-electron chi connectivity index (χ3n) is 3.69. The fraction of sp³-hybridized carbons (Fsp3) is 0.462. The molecule has 0 bridgehead atoms. The molecule has 0 aromatic heterocycles. The van der Waals surface area contributed by atoms with Crippen molar-refractivity contribution < 1.29 is 9.18 Å².